The SMILES string of the molecule is Cc1cccc(C)c1NC(=O)CN(C)C(=O)c1cnc2c(c1)c(=O)[nH]c(=O)n2C1CC1. The summed E-state index contributed by atoms with van der Waals surface area (Å²) >= 11 is 0. The van der Waals surface area contributed by atoms with Gasteiger partial charge in [-0.1, -0.05) is 18.2 Å². The number of nitrogens with zero attached hydrogens (tertiary/aromatic N) is 3. The van der Waals surface area contributed by atoms with Crippen molar-refractivity contribution < 1.29 is 9.59 Å². The van der Waals surface area contributed by atoms with Crippen LogP contribution in [0.1, 0.15) is 40.4 Å². The number of likely N-dealkylation sites (N-methyl/N-ethyl adjacent to an activating group) is 1. The van der Waals surface area contributed by atoms with Crippen LogP contribution in [0.2, 0.25) is 0 Å². The average Bonchev–Trinajstić information content (AvgIpc) is 3.55. The summed E-state index contributed by atoms with van der Waals surface area (Å²) in [7, 11) is 1.51. The Bertz CT molecular complexity index is 1300. The summed E-state index contributed by atoms with van der Waals surface area (Å²) in [6, 6.07) is 7.15. The van der Waals surface area contributed by atoms with Crippen LogP contribution in [0.5, 0.6) is 0 Å². The summed E-state index contributed by atoms with van der Waals surface area (Å²) in [4.78, 5) is 57.5. The number of pyridine rings is 1. The molecular weight excluding hydrogens is 398 g/mol. The number of aromatic amines is 1. The third-order valence-electron chi connectivity index (χ3n) is 5.41. The van der Waals surface area contributed by atoms with Crippen LogP contribution in [0.15, 0.2) is 40.1 Å². The third kappa shape index (κ3) is 3.98. The molecule has 2 N–H and O–H groups in total. The molecule has 9 heteroatoms. The fourth-order valence-corrected chi connectivity index (χ4v) is 3.62. The molecule has 0 aliphatic heterocycles. The molecule has 2 aromatic heterocycles. The maximum absolute atomic E-state index is 12.8. The zero-order valence-electron chi connectivity index (χ0n) is 17.6. The molecular formula is C22H23N5O4. The van der Waals surface area contributed by atoms with Crippen LogP contribution in [0.3, 0.4) is 0 Å². The van der Waals surface area contributed by atoms with Gasteiger partial charge in [-0.3, -0.25) is 23.9 Å². The van der Waals surface area contributed by atoms with Crippen molar-refractivity contribution in [3.05, 3.63) is 68.0 Å². The second kappa shape index (κ2) is 7.82. The number of carbonyl (C=O) groups excluding carboxylic acids is 2. The quantitative estimate of drug-likeness (QED) is 0.651. The Hall–Kier alpha value is -3.75. The molecule has 160 valence electrons. The van der Waals surface area contributed by atoms with Crippen LogP contribution in [0, 0.1) is 13.8 Å². The molecule has 0 bridgehead atoms. The topological polar surface area (TPSA) is 117 Å². The molecule has 0 atom stereocenters. The highest BCUT2D eigenvalue weighted by Crippen LogP contribution is 2.34. The van der Waals surface area contributed by atoms with Crippen LogP contribution >= 0.6 is 0 Å². The molecule has 1 aliphatic carbocycles. The van der Waals surface area contributed by atoms with Crippen LogP contribution in [0.4, 0.5) is 5.69 Å². The van der Waals surface area contributed by atoms with E-state index in [2.05, 4.69) is 15.3 Å². The first-order chi connectivity index (χ1) is 14.8. The molecule has 3 aromatic rings. The maximum Gasteiger partial charge on any atom is 0.330 e. The highest BCUT2D eigenvalue weighted by molar-refractivity contribution is 6.00. The smallest absolute Gasteiger partial charge is 0.330 e. The highest BCUT2D eigenvalue weighted by Gasteiger charge is 2.28. The molecule has 2 amide bonds. The van der Waals surface area contributed by atoms with Gasteiger partial charge in [-0.2, -0.15) is 0 Å². The van der Waals surface area contributed by atoms with Gasteiger partial charge < -0.3 is 10.2 Å². The van der Waals surface area contributed by atoms with E-state index in [-0.39, 0.29) is 35.1 Å². The van der Waals surface area contributed by atoms with Crippen molar-refractivity contribution >= 4 is 28.5 Å². The fraction of sp³-hybridized carbons (Fsp3) is 0.318. The van der Waals surface area contributed by atoms with E-state index in [1.54, 1.807) is 0 Å². The second-order valence-corrected chi connectivity index (χ2v) is 7.93. The number of benzene rings is 1. The number of anilines is 1. The lowest BCUT2D eigenvalue weighted by molar-refractivity contribution is -0.116. The molecule has 1 aromatic carbocycles. The Morgan fingerprint density at radius 3 is 2.55 bits per heavy atom. The van der Waals surface area contributed by atoms with Crippen molar-refractivity contribution in [2.75, 3.05) is 18.9 Å². The van der Waals surface area contributed by atoms with E-state index in [1.165, 1.54) is 28.8 Å². The average molecular weight is 421 g/mol. The van der Waals surface area contributed by atoms with Crippen LogP contribution in [-0.2, 0) is 4.79 Å². The first kappa shape index (κ1) is 20.5. The number of hydrogen-bond acceptors (Lipinski definition) is 5. The van der Waals surface area contributed by atoms with E-state index >= 15 is 0 Å². The lowest BCUT2D eigenvalue weighted by Crippen LogP contribution is -2.35. The summed E-state index contributed by atoms with van der Waals surface area (Å²) < 4.78 is 1.46. The summed E-state index contributed by atoms with van der Waals surface area (Å²) in [5.41, 5.74) is 1.94. The van der Waals surface area contributed by atoms with Crippen LogP contribution in [0.25, 0.3) is 11.0 Å². The van der Waals surface area contributed by atoms with Gasteiger partial charge in [-0.05, 0) is 43.9 Å². The Labute approximate surface area is 177 Å². The Morgan fingerprint density at radius 1 is 1.23 bits per heavy atom. The van der Waals surface area contributed by atoms with Crippen LogP contribution < -0.4 is 16.6 Å². The van der Waals surface area contributed by atoms with Gasteiger partial charge in [0, 0.05) is 25.0 Å². The number of nitrogens with one attached hydrogen (secondary N) is 2. The Morgan fingerprint density at radius 2 is 1.90 bits per heavy atom. The van der Waals surface area contributed by atoms with E-state index in [1.807, 2.05) is 32.0 Å². The summed E-state index contributed by atoms with van der Waals surface area (Å²) in [5.74, 6) is -0.781. The van der Waals surface area contributed by atoms with Crippen molar-refractivity contribution in [3.8, 4) is 0 Å². The van der Waals surface area contributed by atoms with E-state index in [0.717, 1.165) is 29.7 Å². The molecule has 1 aliphatic rings. The number of hydrogen-bond donors (Lipinski definition) is 2. The van der Waals surface area contributed by atoms with Gasteiger partial charge in [0.2, 0.25) is 5.91 Å². The van der Waals surface area contributed by atoms with Gasteiger partial charge in [0.25, 0.3) is 11.5 Å². The van der Waals surface area contributed by atoms with Gasteiger partial charge in [0.05, 0.1) is 17.5 Å². The highest BCUT2D eigenvalue weighted by atomic mass is 16.2. The van der Waals surface area contributed by atoms with E-state index in [9.17, 15) is 19.2 Å². The van der Waals surface area contributed by atoms with Gasteiger partial charge in [-0.15, -0.1) is 0 Å². The number of H-pyrrole nitrogens is 1. The molecule has 1 fully saturated rings. The predicted octanol–water partition coefficient (Wildman–Crippen LogP) is 1.75. The van der Waals surface area contributed by atoms with E-state index in [4.69, 9.17) is 0 Å². The van der Waals surface area contributed by atoms with Crippen molar-refractivity contribution in [1.82, 2.24) is 19.4 Å². The Balaban J connectivity index is 1.55. The molecule has 9 nitrogen and oxygen atoms in total. The normalized spacial score (nSPS) is 13.3. The monoisotopic (exact) mass is 421 g/mol. The molecule has 0 saturated heterocycles. The van der Waals surface area contributed by atoms with Gasteiger partial charge in [-0.25, -0.2) is 9.78 Å². The number of carbonyl (C=O) groups is 2. The zero-order valence-corrected chi connectivity index (χ0v) is 17.6. The number of aromatic nitrogens is 3. The number of para-hydroxylation sites is 1. The third-order valence-corrected chi connectivity index (χ3v) is 5.41. The lowest BCUT2D eigenvalue weighted by atomic mass is 10.1. The van der Waals surface area contributed by atoms with Crippen molar-refractivity contribution in [2.24, 2.45) is 0 Å². The lowest BCUT2D eigenvalue weighted by Gasteiger charge is -2.18. The fourth-order valence-electron chi connectivity index (χ4n) is 3.62. The van der Waals surface area contributed by atoms with Crippen molar-refractivity contribution in [1.29, 1.82) is 0 Å². The summed E-state index contributed by atoms with van der Waals surface area (Å²) in [6.45, 7) is 3.64. The standard InChI is InChI=1S/C22H23N5O4/c1-12-5-4-6-13(2)18(12)24-17(28)11-26(3)21(30)14-9-16-19(23-10-14)27(15-7-8-15)22(31)25-20(16)29/h4-6,9-10,15H,7-8,11H2,1-3H3,(H,24,28)(H,25,29,31). The minimum atomic E-state index is -0.588. The molecule has 0 radical (unpaired) electrons. The molecule has 31 heavy (non-hydrogen) atoms. The summed E-state index contributed by atoms with van der Waals surface area (Å²) in [6.07, 6.45) is 3.03. The molecule has 2 heterocycles. The zero-order chi connectivity index (χ0) is 22.3. The van der Waals surface area contributed by atoms with Gasteiger partial charge >= 0.3 is 5.69 Å². The Kier molecular flexibility index (Phi) is 5.18. The molecule has 0 unspecified atom stereocenters. The number of rotatable bonds is 5. The van der Waals surface area contributed by atoms with Crippen LogP contribution in [-0.4, -0.2) is 44.8 Å². The molecule has 1 saturated carbocycles. The van der Waals surface area contributed by atoms with E-state index < -0.39 is 17.2 Å². The van der Waals surface area contributed by atoms with Gasteiger partial charge in [0.1, 0.15) is 5.65 Å². The molecule has 4 rings (SSSR count). The molecule has 0 spiro atoms. The predicted molar refractivity (Wildman–Crippen MR) is 116 cm³/mol. The summed E-state index contributed by atoms with van der Waals surface area (Å²) in [5, 5.41) is 3.02. The number of fused-ring (bicyclic) bond motifs is 1. The van der Waals surface area contributed by atoms with Crippen molar-refractivity contribution in [2.45, 2.75) is 32.7 Å². The first-order valence-corrected chi connectivity index (χ1v) is 10.0. The minimum Gasteiger partial charge on any atom is -0.332 e. The number of amides is 2. The van der Waals surface area contributed by atoms with Crippen molar-refractivity contribution in [3.63, 3.8) is 0 Å². The largest absolute Gasteiger partial charge is 0.332 e. The number of aryl methyl sites for hydroxylation is 2. The minimum absolute atomic E-state index is 0.0252. The second-order valence-electron chi connectivity index (χ2n) is 7.93. The van der Waals surface area contributed by atoms with Gasteiger partial charge in [0.15, 0.2) is 0 Å². The maximum atomic E-state index is 12.8. The van der Waals surface area contributed by atoms with E-state index in [0.29, 0.717) is 0 Å². The first-order valence-electron chi connectivity index (χ1n) is 10.0.